The number of nitrogens with one attached hydrogen (secondary N) is 2. The molecule has 2 aromatic rings. The van der Waals surface area contributed by atoms with E-state index in [0.29, 0.717) is 23.1 Å². The van der Waals surface area contributed by atoms with E-state index in [9.17, 15) is 0 Å². The summed E-state index contributed by atoms with van der Waals surface area (Å²) in [6.07, 6.45) is 3.46. The number of piperazine rings is 1. The smallest absolute Gasteiger partial charge is 0.230 e. The molecule has 3 rings (SSSR count). The molecule has 0 aliphatic carbocycles. The Balaban J connectivity index is 1.70. The van der Waals surface area contributed by atoms with Gasteiger partial charge in [-0.05, 0) is 19.1 Å². The van der Waals surface area contributed by atoms with Crippen LogP contribution in [0, 0.1) is 11.8 Å². The summed E-state index contributed by atoms with van der Waals surface area (Å²) >= 11 is 0. The molecule has 0 spiro atoms. The van der Waals surface area contributed by atoms with Crippen molar-refractivity contribution in [1.82, 2.24) is 20.3 Å². The Morgan fingerprint density at radius 3 is 2.70 bits per heavy atom. The van der Waals surface area contributed by atoms with Crippen molar-refractivity contribution < 1.29 is 0 Å². The normalized spacial score (nSPS) is 14.0. The van der Waals surface area contributed by atoms with Crippen molar-refractivity contribution in [3.05, 3.63) is 30.1 Å². The van der Waals surface area contributed by atoms with Gasteiger partial charge in [0, 0.05) is 26.2 Å². The van der Waals surface area contributed by atoms with Crippen molar-refractivity contribution in [2.75, 3.05) is 42.1 Å². The Labute approximate surface area is 135 Å². The molecule has 7 heteroatoms. The lowest BCUT2D eigenvalue weighted by Crippen LogP contribution is -2.43. The molecule has 0 bridgehead atoms. The predicted molar refractivity (Wildman–Crippen MR) is 91.6 cm³/mol. The van der Waals surface area contributed by atoms with Crippen LogP contribution in [0.3, 0.4) is 0 Å². The van der Waals surface area contributed by atoms with Gasteiger partial charge >= 0.3 is 0 Å². The zero-order valence-electron chi connectivity index (χ0n) is 13.0. The number of aromatic nitrogens is 3. The number of rotatable bonds is 3. The van der Waals surface area contributed by atoms with Gasteiger partial charge in [-0.1, -0.05) is 5.92 Å². The fraction of sp³-hybridized carbons (Fsp3) is 0.312. The molecule has 0 unspecified atom stereocenters. The average molecular weight is 309 g/mol. The van der Waals surface area contributed by atoms with Gasteiger partial charge in [-0.25, -0.2) is 9.97 Å². The Hall–Kier alpha value is -2.85. The van der Waals surface area contributed by atoms with Crippen LogP contribution in [0.4, 0.5) is 23.3 Å². The zero-order chi connectivity index (χ0) is 16.1. The van der Waals surface area contributed by atoms with E-state index in [4.69, 9.17) is 5.73 Å². The van der Waals surface area contributed by atoms with Gasteiger partial charge in [-0.3, -0.25) is 0 Å². The van der Waals surface area contributed by atoms with Gasteiger partial charge in [0.2, 0.25) is 5.95 Å². The van der Waals surface area contributed by atoms with Gasteiger partial charge in [-0.2, -0.15) is 4.98 Å². The first-order chi connectivity index (χ1) is 11.3. The molecule has 118 valence electrons. The standard InChI is InChI=1S/C16H19N7/c1-2-3-12-10-20-16(22-15(12)17)21-14-5-4-13(11-19-14)23-8-6-18-7-9-23/h4-5,10-11,18H,6-9H2,1H3,(H3,17,19,20,21,22). The summed E-state index contributed by atoms with van der Waals surface area (Å²) in [5.74, 6) is 7.08. The number of hydrogen-bond donors (Lipinski definition) is 3. The minimum atomic E-state index is 0.356. The number of anilines is 4. The highest BCUT2D eigenvalue weighted by molar-refractivity contribution is 5.57. The summed E-state index contributed by atoms with van der Waals surface area (Å²) in [5.41, 5.74) is 7.60. The second kappa shape index (κ2) is 6.94. The Bertz CT molecular complexity index is 724. The molecule has 0 aromatic carbocycles. The number of nitrogens with two attached hydrogens (primary N) is 1. The first-order valence-electron chi connectivity index (χ1n) is 7.50. The van der Waals surface area contributed by atoms with Gasteiger partial charge in [-0.15, -0.1) is 5.92 Å². The van der Waals surface area contributed by atoms with E-state index in [2.05, 4.69) is 42.3 Å². The van der Waals surface area contributed by atoms with Crippen molar-refractivity contribution in [3.63, 3.8) is 0 Å². The maximum atomic E-state index is 5.86. The van der Waals surface area contributed by atoms with Gasteiger partial charge in [0.1, 0.15) is 11.6 Å². The second-order valence-corrected chi connectivity index (χ2v) is 5.13. The van der Waals surface area contributed by atoms with E-state index in [0.717, 1.165) is 31.9 Å². The third-order valence-electron chi connectivity index (χ3n) is 3.55. The molecule has 0 amide bonds. The molecule has 0 radical (unpaired) electrons. The maximum absolute atomic E-state index is 5.86. The van der Waals surface area contributed by atoms with E-state index < -0.39 is 0 Å². The van der Waals surface area contributed by atoms with Gasteiger partial charge < -0.3 is 21.3 Å². The summed E-state index contributed by atoms with van der Waals surface area (Å²) < 4.78 is 0. The van der Waals surface area contributed by atoms with Crippen LogP contribution in [0.2, 0.25) is 0 Å². The van der Waals surface area contributed by atoms with E-state index in [-0.39, 0.29) is 0 Å². The first-order valence-corrected chi connectivity index (χ1v) is 7.50. The fourth-order valence-corrected chi connectivity index (χ4v) is 2.37. The Morgan fingerprint density at radius 1 is 1.22 bits per heavy atom. The minimum Gasteiger partial charge on any atom is -0.382 e. The lowest BCUT2D eigenvalue weighted by atomic mass is 10.3. The van der Waals surface area contributed by atoms with Crippen LogP contribution in [0.1, 0.15) is 12.5 Å². The third kappa shape index (κ3) is 3.67. The molecule has 4 N–H and O–H groups in total. The van der Waals surface area contributed by atoms with Gasteiger partial charge in [0.15, 0.2) is 0 Å². The Kier molecular flexibility index (Phi) is 4.54. The van der Waals surface area contributed by atoms with Crippen molar-refractivity contribution in [2.45, 2.75) is 6.92 Å². The SMILES string of the molecule is CC#Cc1cnc(Nc2ccc(N3CCNCC3)cn2)nc1N. The highest BCUT2D eigenvalue weighted by Crippen LogP contribution is 2.18. The molecule has 0 saturated carbocycles. The lowest BCUT2D eigenvalue weighted by Gasteiger charge is -2.29. The predicted octanol–water partition coefficient (Wildman–Crippen LogP) is 0.978. The molecule has 7 nitrogen and oxygen atoms in total. The van der Waals surface area contributed by atoms with Gasteiger partial charge in [0.05, 0.1) is 23.6 Å². The summed E-state index contributed by atoms with van der Waals surface area (Å²) in [6, 6.07) is 3.96. The van der Waals surface area contributed by atoms with Crippen LogP contribution in [0.25, 0.3) is 0 Å². The number of nitrogen functional groups attached to an aromatic ring is 1. The van der Waals surface area contributed by atoms with Crippen LogP contribution < -0.4 is 21.3 Å². The average Bonchev–Trinajstić information content (AvgIpc) is 2.59. The van der Waals surface area contributed by atoms with Crippen LogP contribution >= 0.6 is 0 Å². The third-order valence-corrected chi connectivity index (χ3v) is 3.55. The highest BCUT2D eigenvalue weighted by atomic mass is 15.2. The quantitative estimate of drug-likeness (QED) is 0.728. The zero-order valence-corrected chi connectivity index (χ0v) is 13.0. The summed E-state index contributed by atoms with van der Waals surface area (Å²) in [5, 5.41) is 6.39. The fourth-order valence-electron chi connectivity index (χ4n) is 2.37. The van der Waals surface area contributed by atoms with Crippen LogP contribution in [-0.4, -0.2) is 41.1 Å². The summed E-state index contributed by atoms with van der Waals surface area (Å²) in [6.45, 7) is 5.73. The topological polar surface area (TPSA) is 92.0 Å². The monoisotopic (exact) mass is 309 g/mol. The van der Waals surface area contributed by atoms with Crippen molar-refractivity contribution >= 4 is 23.3 Å². The minimum absolute atomic E-state index is 0.356. The van der Waals surface area contributed by atoms with Crippen LogP contribution in [-0.2, 0) is 0 Å². The molecular weight excluding hydrogens is 290 g/mol. The molecule has 23 heavy (non-hydrogen) atoms. The second-order valence-electron chi connectivity index (χ2n) is 5.13. The molecule has 3 heterocycles. The van der Waals surface area contributed by atoms with E-state index in [1.54, 1.807) is 13.1 Å². The molecule has 2 aromatic heterocycles. The first kappa shape index (κ1) is 15.1. The largest absolute Gasteiger partial charge is 0.382 e. The van der Waals surface area contributed by atoms with Crippen molar-refractivity contribution in [3.8, 4) is 11.8 Å². The van der Waals surface area contributed by atoms with Crippen LogP contribution in [0.15, 0.2) is 24.5 Å². The van der Waals surface area contributed by atoms with Crippen LogP contribution in [0.5, 0.6) is 0 Å². The molecule has 0 atom stereocenters. The highest BCUT2D eigenvalue weighted by Gasteiger charge is 2.10. The Morgan fingerprint density at radius 2 is 2.04 bits per heavy atom. The van der Waals surface area contributed by atoms with Crippen molar-refractivity contribution in [2.24, 2.45) is 0 Å². The number of pyridine rings is 1. The molecular formula is C16H19N7. The lowest BCUT2D eigenvalue weighted by molar-refractivity contribution is 0.589. The number of hydrogen-bond acceptors (Lipinski definition) is 7. The van der Waals surface area contributed by atoms with Gasteiger partial charge in [0.25, 0.3) is 0 Å². The molecule has 1 aliphatic rings. The number of nitrogens with zero attached hydrogens (tertiary/aromatic N) is 4. The van der Waals surface area contributed by atoms with Crippen molar-refractivity contribution in [1.29, 1.82) is 0 Å². The molecule has 1 aliphatic heterocycles. The maximum Gasteiger partial charge on any atom is 0.230 e. The summed E-state index contributed by atoms with van der Waals surface area (Å²) in [4.78, 5) is 15.1. The van der Waals surface area contributed by atoms with E-state index >= 15 is 0 Å². The molecule has 1 saturated heterocycles. The van der Waals surface area contributed by atoms with E-state index in [1.165, 1.54) is 0 Å². The summed E-state index contributed by atoms with van der Waals surface area (Å²) in [7, 11) is 0. The molecule has 1 fully saturated rings. The van der Waals surface area contributed by atoms with E-state index in [1.807, 2.05) is 18.3 Å².